The molecule has 0 saturated carbocycles. The van der Waals surface area contributed by atoms with Gasteiger partial charge in [-0.15, -0.1) is 0 Å². The van der Waals surface area contributed by atoms with E-state index in [1.54, 1.807) is 0 Å². The lowest BCUT2D eigenvalue weighted by atomic mass is 10.1. The first-order chi connectivity index (χ1) is 16.1. The Morgan fingerprint density at radius 3 is 1.35 bits per heavy atom. The van der Waals surface area contributed by atoms with E-state index in [4.69, 9.17) is 31.2 Å². The van der Waals surface area contributed by atoms with Crippen LogP contribution in [0.2, 0.25) is 0 Å². The molecule has 0 aromatic carbocycles. The van der Waals surface area contributed by atoms with Gasteiger partial charge in [-0.3, -0.25) is 9.13 Å². The minimum atomic E-state index is -1.35. The number of hydrogen-bond donors (Lipinski definition) is 8. The maximum atomic E-state index is 11.5. The summed E-state index contributed by atoms with van der Waals surface area (Å²) in [6, 6.07) is 0. The first-order valence-electron chi connectivity index (χ1n) is 9.75. The Morgan fingerprint density at radius 1 is 0.735 bits per heavy atom. The fourth-order valence-corrected chi connectivity index (χ4v) is 3.28. The molecule has 4 heterocycles. The van der Waals surface area contributed by atoms with Gasteiger partial charge in [0, 0.05) is 0 Å². The van der Waals surface area contributed by atoms with Crippen LogP contribution in [0.5, 0.6) is 0 Å². The van der Waals surface area contributed by atoms with Crippen LogP contribution < -0.4 is 22.8 Å². The molecular weight excluding hydrogens is 464 g/mol. The zero-order valence-corrected chi connectivity index (χ0v) is 17.3. The molecule has 4 rings (SSSR count). The van der Waals surface area contributed by atoms with Gasteiger partial charge in [0.2, 0.25) is 11.9 Å². The second-order valence-corrected chi connectivity index (χ2v) is 7.27. The molecule has 8 atom stereocenters. The van der Waals surface area contributed by atoms with E-state index >= 15 is 0 Å². The van der Waals surface area contributed by atoms with Gasteiger partial charge in [0.25, 0.3) is 0 Å². The molecule has 0 aliphatic carbocycles. The van der Waals surface area contributed by atoms with Gasteiger partial charge >= 0.3 is 11.4 Å². The van der Waals surface area contributed by atoms with Crippen molar-refractivity contribution in [2.45, 2.75) is 49.1 Å². The summed E-state index contributed by atoms with van der Waals surface area (Å²) in [4.78, 5) is 36.9. The number of aliphatic hydroxyl groups is 6. The third kappa shape index (κ3) is 5.03. The van der Waals surface area contributed by atoms with Crippen LogP contribution in [0.4, 0.5) is 11.9 Å². The van der Waals surface area contributed by atoms with Gasteiger partial charge in [-0.25, -0.2) is 19.6 Å². The van der Waals surface area contributed by atoms with Crippen molar-refractivity contribution in [3.63, 3.8) is 0 Å². The van der Waals surface area contributed by atoms with E-state index in [1.165, 1.54) is 0 Å². The zero-order valence-electron chi connectivity index (χ0n) is 17.3. The highest BCUT2D eigenvalue weighted by Crippen LogP contribution is 2.28. The number of ether oxygens (including phenoxy) is 2. The second-order valence-electron chi connectivity index (χ2n) is 7.27. The normalized spacial score (nSPS) is 32.9. The third-order valence-corrected chi connectivity index (χ3v) is 5.07. The van der Waals surface area contributed by atoms with Crippen LogP contribution in [0.25, 0.3) is 0 Å². The molecule has 34 heavy (non-hydrogen) atoms. The van der Waals surface area contributed by atoms with Gasteiger partial charge in [-0.2, -0.15) is 9.97 Å². The summed E-state index contributed by atoms with van der Waals surface area (Å²) in [5, 5.41) is 56.2. The topological polar surface area (TPSA) is 287 Å². The summed E-state index contributed by atoms with van der Waals surface area (Å²) in [6.45, 7) is -0.946. The van der Waals surface area contributed by atoms with Crippen LogP contribution in [0.1, 0.15) is 12.5 Å². The number of hydrogen-bond acceptors (Lipinski definition) is 16. The van der Waals surface area contributed by atoms with Gasteiger partial charge in [0.1, 0.15) is 49.3 Å². The Labute approximate surface area is 189 Å². The van der Waals surface area contributed by atoms with Crippen molar-refractivity contribution in [2.24, 2.45) is 0 Å². The molecule has 2 aromatic rings. The first-order valence-corrected chi connectivity index (χ1v) is 9.75. The molecule has 2 fully saturated rings. The van der Waals surface area contributed by atoms with Gasteiger partial charge in [-0.1, -0.05) is 0 Å². The minimum absolute atomic E-state index is 0.196. The van der Waals surface area contributed by atoms with Crippen LogP contribution in [-0.4, -0.2) is 110 Å². The smallest absolute Gasteiger partial charge is 0.354 e. The van der Waals surface area contributed by atoms with Gasteiger partial charge in [0.05, 0.1) is 13.2 Å². The number of rotatable bonds is 4. The number of nitrogens with two attached hydrogens (primary N) is 2. The fourth-order valence-electron chi connectivity index (χ4n) is 3.28. The average molecular weight is 488 g/mol. The highest BCUT2D eigenvalue weighted by molar-refractivity contribution is 5.10. The predicted octanol–water partition coefficient (Wildman–Crippen LogP) is -6.34. The lowest BCUT2D eigenvalue weighted by Gasteiger charge is -2.16. The Morgan fingerprint density at radius 2 is 1.09 bits per heavy atom. The van der Waals surface area contributed by atoms with E-state index in [9.17, 15) is 30.0 Å². The van der Waals surface area contributed by atoms with E-state index in [0.717, 1.165) is 21.8 Å². The molecule has 2 saturated heterocycles. The van der Waals surface area contributed by atoms with Crippen LogP contribution >= 0.6 is 0 Å². The summed E-state index contributed by atoms with van der Waals surface area (Å²) in [7, 11) is 0. The molecule has 2 aliphatic heterocycles. The molecule has 18 heteroatoms. The van der Waals surface area contributed by atoms with Gasteiger partial charge in [0.15, 0.2) is 12.5 Å². The molecular formula is C16H24N8O10. The van der Waals surface area contributed by atoms with Crippen molar-refractivity contribution in [3.05, 3.63) is 33.6 Å². The van der Waals surface area contributed by atoms with Crippen molar-refractivity contribution in [2.75, 3.05) is 24.7 Å². The fraction of sp³-hybridized carbons (Fsp3) is 0.625. The maximum absolute atomic E-state index is 11.5. The second kappa shape index (κ2) is 10.4. The largest absolute Gasteiger partial charge is 0.394 e. The van der Waals surface area contributed by atoms with E-state index in [1.807, 2.05) is 0 Å². The average Bonchev–Trinajstić information content (AvgIpc) is 3.24. The molecule has 18 nitrogen and oxygen atoms in total. The van der Waals surface area contributed by atoms with Gasteiger partial charge < -0.3 is 51.6 Å². The lowest BCUT2D eigenvalue weighted by Crippen LogP contribution is -2.36. The lowest BCUT2D eigenvalue weighted by molar-refractivity contribution is -0.0554. The summed E-state index contributed by atoms with van der Waals surface area (Å²) in [6.07, 6.45) is -7.35. The first kappa shape index (κ1) is 25.5. The third-order valence-electron chi connectivity index (χ3n) is 5.07. The molecule has 2 aliphatic rings. The van der Waals surface area contributed by atoms with Crippen molar-refractivity contribution in [3.8, 4) is 0 Å². The molecule has 188 valence electrons. The molecule has 0 amide bonds. The van der Waals surface area contributed by atoms with E-state index in [-0.39, 0.29) is 11.9 Å². The number of nitrogens with zero attached hydrogens (tertiary/aromatic N) is 6. The summed E-state index contributed by atoms with van der Waals surface area (Å²) < 4.78 is 12.1. The Kier molecular flexibility index (Phi) is 7.84. The molecule has 2 aromatic heterocycles. The van der Waals surface area contributed by atoms with Crippen LogP contribution in [0.3, 0.4) is 0 Å². The maximum Gasteiger partial charge on any atom is 0.354 e. The molecule has 4 unspecified atom stereocenters. The highest BCUT2D eigenvalue weighted by Gasteiger charge is 2.44. The van der Waals surface area contributed by atoms with Crippen LogP contribution in [0.15, 0.2) is 22.2 Å². The number of anilines is 2. The Bertz CT molecular complexity index is 1010. The summed E-state index contributed by atoms with van der Waals surface area (Å²) >= 11 is 0. The molecule has 10 N–H and O–H groups in total. The van der Waals surface area contributed by atoms with Gasteiger partial charge in [-0.05, 0) is 0 Å². The Balaban J connectivity index is 0.000000191. The zero-order chi connectivity index (χ0) is 25.2. The van der Waals surface area contributed by atoms with Crippen molar-refractivity contribution >= 4 is 11.9 Å². The quantitative estimate of drug-likeness (QED) is 0.198. The summed E-state index contributed by atoms with van der Waals surface area (Å²) in [5.74, 6) is -0.393. The number of aliphatic hydroxyl groups excluding tert-OH is 6. The van der Waals surface area contributed by atoms with Crippen molar-refractivity contribution < 1.29 is 40.1 Å². The van der Waals surface area contributed by atoms with E-state index in [0.29, 0.717) is 0 Å². The number of nitrogen functional groups attached to an aromatic ring is 2. The number of aromatic nitrogens is 6. The molecule has 0 spiro atoms. The van der Waals surface area contributed by atoms with E-state index in [2.05, 4.69) is 19.9 Å². The Hall–Kier alpha value is -3.10. The summed E-state index contributed by atoms with van der Waals surface area (Å²) in [5.41, 5.74) is 8.91. The standard InChI is InChI=1S/2C8H12N4O5/c2*9-7-10-2-12(8(16)11-7)6-5(15)4(14)3(1-13)17-6/h2*2-6,13-15H,1H2,(H2,9,11,16)/t2*3-,4?,5-,6?/m11/s1. The predicted molar refractivity (Wildman–Crippen MR) is 107 cm³/mol. The molecule has 0 radical (unpaired) electrons. The van der Waals surface area contributed by atoms with Crippen LogP contribution in [-0.2, 0) is 9.47 Å². The monoisotopic (exact) mass is 488 g/mol. The van der Waals surface area contributed by atoms with E-state index < -0.39 is 73.7 Å². The molecule has 0 bridgehead atoms. The highest BCUT2D eigenvalue weighted by atomic mass is 16.6. The van der Waals surface area contributed by atoms with Crippen LogP contribution in [0, 0.1) is 0 Å². The van der Waals surface area contributed by atoms with Crippen molar-refractivity contribution in [1.29, 1.82) is 0 Å². The van der Waals surface area contributed by atoms with Crippen molar-refractivity contribution in [1.82, 2.24) is 29.1 Å². The minimum Gasteiger partial charge on any atom is -0.394 e. The SMILES string of the molecule is Nc1ncn(C2O[C@H](CO)C(O)[C@H]2O)c(=O)n1.Nc1ncn(C2O[C@H](CO)C(O)[C@H]2O)c(=O)n1.